The molecule has 1 aromatic heterocycles. The number of likely N-dealkylation sites (tertiary alicyclic amines) is 2. The Morgan fingerprint density at radius 2 is 1.66 bits per heavy atom. The Hall–Kier alpha value is -2.18. The van der Waals surface area contributed by atoms with Crippen LogP contribution in [0.25, 0.3) is 5.69 Å². The first-order chi connectivity index (χ1) is 15.7. The van der Waals surface area contributed by atoms with Crippen LogP contribution in [0, 0.1) is 0 Å². The third kappa shape index (κ3) is 4.62. The van der Waals surface area contributed by atoms with Crippen LogP contribution in [0.3, 0.4) is 0 Å². The second kappa shape index (κ2) is 9.75. The van der Waals surface area contributed by atoms with Crippen LogP contribution in [0.15, 0.2) is 30.3 Å². The SMILES string of the molecule is CN1CCC(N2CCC(NC(=O)c3nn(-c4ccccc4)c4c3CCCCC4)CC2)CC1. The number of amides is 1. The Morgan fingerprint density at radius 3 is 2.41 bits per heavy atom. The third-order valence-corrected chi connectivity index (χ3v) is 7.72. The molecule has 1 amide bonds. The van der Waals surface area contributed by atoms with E-state index in [1.807, 2.05) is 22.9 Å². The van der Waals surface area contributed by atoms with Crippen molar-refractivity contribution in [1.29, 1.82) is 0 Å². The highest BCUT2D eigenvalue weighted by molar-refractivity contribution is 5.94. The van der Waals surface area contributed by atoms with Gasteiger partial charge in [0.1, 0.15) is 0 Å². The Labute approximate surface area is 192 Å². The lowest BCUT2D eigenvalue weighted by Crippen LogP contribution is -2.50. The summed E-state index contributed by atoms with van der Waals surface area (Å²) >= 11 is 0. The van der Waals surface area contributed by atoms with Crippen LogP contribution in [-0.4, -0.2) is 70.8 Å². The molecule has 1 N–H and O–H groups in total. The zero-order valence-electron chi connectivity index (χ0n) is 19.4. The van der Waals surface area contributed by atoms with E-state index in [0.29, 0.717) is 5.69 Å². The van der Waals surface area contributed by atoms with Crippen molar-refractivity contribution in [3.8, 4) is 5.69 Å². The lowest BCUT2D eigenvalue weighted by molar-refractivity contribution is 0.0803. The predicted molar refractivity (Wildman–Crippen MR) is 127 cm³/mol. The smallest absolute Gasteiger partial charge is 0.272 e. The molecular formula is C26H37N5O. The predicted octanol–water partition coefficient (Wildman–Crippen LogP) is 3.43. The average molecular weight is 436 g/mol. The van der Waals surface area contributed by atoms with Gasteiger partial charge < -0.3 is 15.1 Å². The minimum atomic E-state index is 0.0237. The number of carbonyl (C=O) groups is 1. The molecule has 0 spiro atoms. The van der Waals surface area contributed by atoms with Crippen molar-refractivity contribution in [3.63, 3.8) is 0 Å². The van der Waals surface area contributed by atoms with Crippen LogP contribution >= 0.6 is 0 Å². The summed E-state index contributed by atoms with van der Waals surface area (Å²) in [6.07, 6.45) is 10.1. The highest BCUT2D eigenvalue weighted by atomic mass is 16.2. The van der Waals surface area contributed by atoms with Gasteiger partial charge in [-0.2, -0.15) is 5.10 Å². The van der Waals surface area contributed by atoms with Gasteiger partial charge in [0.15, 0.2) is 5.69 Å². The molecule has 32 heavy (non-hydrogen) atoms. The summed E-state index contributed by atoms with van der Waals surface area (Å²) in [5.41, 5.74) is 4.11. The van der Waals surface area contributed by atoms with E-state index in [9.17, 15) is 4.79 Å². The molecule has 0 atom stereocenters. The van der Waals surface area contributed by atoms with E-state index in [0.717, 1.165) is 56.9 Å². The molecule has 0 radical (unpaired) electrons. The number of nitrogens with one attached hydrogen (secondary N) is 1. The van der Waals surface area contributed by atoms with Crippen molar-refractivity contribution in [2.24, 2.45) is 0 Å². The van der Waals surface area contributed by atoms with Gasteiger partial charge in [0.05, 0.1) is 5.69 Å². The maximum atomic E-state index is 13.4. The number of piperidine rings is 2. The second-order valence-electron chi connectivity index (χ2n) is 9.90. The molecule has 2 fully saturated rings. The van der Waals surface area contributed by atoms with Crippen molar-refractivity contribution in [2.45, 2.75) is 69.9 Å². The molecule has 172 valence electrons. The summed E-state index contributed by atoms with van der Waals surface area (Å²) in [5.74, 6) is 0.0237. The number of aromatic nitrogens is 2. The summed E-state index contributed by atoms with van der Waals surface area (Å²) in [4.78, 5) is 18.4. The van der Waals surface area contributed by atoms with Crippen LogP contribution < -0.4 is 5.32 Å². The normalized spacial score (nSPS) is 21.8. The van der Waals surface area contributed by atoms with Crippen LogP contribution in [0.1, 0.15) is 66.7 Å². The topological polar surface area (TPSA) is 53.4 Å². The van der Waals surface area contributed by atoms with E-state index < -0.39 is 0 Å². The van der Waals surface area contributed by atoms with Gasteiger partial charge in [-0.15, -0.1) is 0 Å². The Balaban J connectivity index is 1.26. The molecule has 2 aliphatic heterocycles. The van der Waals surface area contributed by atoms with Crippen LogP contribution in [0.2, 0.25) is 0 Å². The lowest BCUT2D eigenvalue weighted by atomic mass is 9.98. The number of benzene rings is 1. The van der Waals surface area contributed by atoms with E-state index in [2.05, 4.69) is 34.3 Å². The summed E-state index contributed by atoms with van der Waals surface area (Å²) < 4.78 is 2.03. The van der Waals surface area contributed by atoms with Crippen LogP contribution in [0.4, 0.5) is 0 Å². The molecule has 5 rings (SSSR count). The fourth-order valence-corrected chi connectivity index (χ4v) is 5.76. The van der Waals surface area contributed by atoms with Gasteiger partial charge in [0, 0.05) is 36.4 Å². The van der Waals surface area contributed by atoms with Gasteiger partial charge in [-0.1, -0.05) is 24.6 Å². The molecule has 2 saturated heterocycles. The molecule has 0 bridgehead atoms. The average Bonchev–Trinajstić information content (AvgIpc) is 3.02. The van der Waals surface area contributed by atoms with E-state index in [-0.39, 0.29) is 11.9 Å². The van der Waals surface area contributed by atoms with Crippen molar-refractivity contribution in [3.05, 3.63) is 47.3 Å². The quantitative estimate of drug-likeness (QED) is 0.748. The van der Waals surface area contributed by atoms with Crippen molar-refractivity contribution in [2.75, 3.05) is 33.2 Å². The largest absolute Gasteiger partial charge is 0.348 e. The van der Waals surface area contributed by atoms with Crippen LogP contribution in [0.5, 0.6) is 0 Å². The Morgan fingerprint density at radius 1 is 0.938 bits per heavy atom. The first-order valence-corrected chi connectivity index (χ1v) is 12.6. The van der Waals surface area contributed by atoms with Gasteiger partial charge in [-0.3, -0.25) is 4.79 Å². The number of hydrogen-bond donors (Lipinski definition) is 1. The van der Waals surface area contributed by atoms with Crippen molar-refractivity contribution < 1.29 is 4.79 Å². The van der Waals surface area contributed by atoms with Gasteiger partial charge in [-0.25, -0.2) is 4.68 Å². The number of hydrogen-bond acceptors (Lipinski definition) is 4. The first-order valence-electron chi connectivity index (χ1n) is 12.6. The van der Waals surface area contributed by atoms with E-state index in [4.69, 9.17) is 5.10 Å². The van der Waals surface area contributed by atoms with E-state index in [1.54, 1.807) is 0 Å². The van der Waals surface area contributed by atoms with Gasteiger partial charge in [0.2, 0.25) is 0 Å². The minimum absolute atomic E-state index is 0.0237. The minimum Gasteiger partial charge on any atom is -0.348 e. The molecule has 0 unspecified atom stereocenters. The second-order valence-corrected chi connectivity index (χ2v) is 9.90. The monoisotopic (exact) mass is 435 g/mol. The van der Waals surface area contributed by atoms with Crippen molar-refractivity contribution in [1.82, 2.24) is 24.9 Å². The highest BCUT2D eigenvalue weighted by Gasteiger charge is 2.30. The maximum Gasteiger partial charge on any atom is 0.272 e. The summed E-state index contributed by atoms with van der Waals surface area (Å²) in [6.45, 7) is 4.60. The lowest BCUT2D eigenvalue weighted by Gasteiger charge is -2.41. The number of nitrogens with zero attached hydrogens (tertiary/aromatic N) is 4. The number of rotatable bonds is 4. The highest BCUT2D eigenvalue weighted by Crippen LogP contribution is 2.27. The molecular weight excluding hydrogens is 398 g/mol. The summed E-state index contributed by atoms with van der Waals surface area (Å²) in [7, 11) is 2.22. The number of para-hydroxylation sites is 1. The first kappa shape index (κ1) is 21.7. The maximum absolute atomic E-state index is 13.4. The zero-order chi connectivity index (χ0) is 21.9. The molecule has 1 aromatic carbocycles. The van der Waals surface area contributed by atoms with Crippen molar-refractivity contribution >= 4 is 5.91 Å². The van der Waals surface area contributed by atoms with Crippen LogP contribution in [-0.2, 0) is 12.8 Å². The number of fused-ring (bicyclic) bond motifs is 1. The van der Waals surface area contributed by atoms with Gasteiger partial charge in [-0.05, 0) is 83.6 Å². The molecule has 3 aliphatic rings. The Bertz CT molecular complexity index is 908. The molecule has 3 heterocycles. The van der Waals surface area contributed by atoms with E-state index in [1.165, 1.54) is 50.0 Å². The standard InChI is InChI=1S/C26H37N5O/c1-29-16-14-21(15-17-29)30-18-12-20(13-19-30)27-26(32)25-23-10-6-3-7-11-24(23)31(28-25)22-8-4-2-5-9-22/h2,4-5,8-9,20-21H,3,6-7,10-19H2,1H3,(H,27,32). The molecule has 0 saturated carbocycles. The zero-order valence-corrected chi connectivity index (χ0v) is 19.4. The fraction of sp³-hybridized carbons (Fsp3) is 0.615. The third-order valence-electron chi connectivity index (χ3n) is 7.72. The molecule has 2 aromatic rings. The molecule has 6 heteroatoms. The molecule has 6 nitrogen and oxygen atoms in total. The van der Waals surface area contributed by atoms with Gasteiger partial charge in [0.25, 0.3) is 5.91 Å². The molecule has 1 aliphatic carbocycles. The summed E-state index contributed by atoms with van der Waals surface area (Å²) in [5, 5.41) is 8.21. The fourth-order valence-electron chi connectivity index (χ4n) is 5.76. The Kier molecular flexibility index (Phi) is 6.60. The van der Waals surface area contributed by atoms with E-state index >= 15 is 0 Å². The summed E-state index contributed by atoms with van der Waals surface area (Å²) in [6, 6.07) is 11.2. The van der Waals surface area contributed by atoms with Gasteiger partial charge >= 0.3 is 0 Å². The number of carbonyl (C=O) groups excluding carboxylic acids is 1.